The van der Waals surface area contributed by atoms with Crippen LogP contribution in [0.3, 0.4) is 0 Å². The number of hydrogen-bond donors (Lipinski definition) is 0. The van der Waals surface area contributed by atoms with Crippen molar-refractivity contribution in [3.8, 4) is 11.1 Å². The second-order valence-electron chi connectivity index (χ2n) is 12.8. The summed E-state index contributed by atoms with van der Waals surface area (Å²) in [6.07, 6.45) is 4.18. The molecule has 0 spiro atoms. The molecule has 282 valence electrons. The van der Waals surface area contributed by atoms with E-state index in [2.05, 4.69) is 140 Å². The highest BCUT2D eigenvalue weighted by Crippen LogP contribution is 2.42. The number of fused-ring (bicyclic) bond motifs is 2. The fourth-order valence-corrected chi connectivity index (χ4v) is 7.46. The lowest BCUT2D eigenvalue weighted by Gasteiger charge is -2.20. The third kappa shape index (κ3) is 14.7. The van der Waals surface area contributed by atoms with Gasteiger partial charge in [-0.3, -0.25) is 8.37 Å². The van der Waals surface area contributed by atoms with Crippen LogP contribution >= 0.6 is 17.2 Å². The van der Waals surface area contributed by atoms with Gasteiger partial charge in [-0.2, -0.15) is 16.8 Å². The normalized spacial score (nSPS) is 11.6. The zero-order chi connectivity index (χ0) is 39.2. The van der Waals surface area contributed by atoms with E-state index in [4.69, 9.17) is 0 Å². The third-order valence-corrected chi connectivity index (χ3v) is 11.4. The summed E-state index contributed by atoms with van der Waals surface area (Å²) in [5.74, 6) is 0. The van der Waals surface area contributed by atoms with Crippen LogP contribution in [0.1, 0.15) is 33.4 Å². The average Bonchev–Trinajstić information content (AvgIpc) is 3.11. The topological polar surface area (TPSA) is 86.7 Å². The second-order valence-corrected chi connectivity index (χ2v) is 18.6. The molecule has 0 bridgehead atoms. The van der Waals surface area contributed by atoms with E-state index in [1.165, 1.54) is 71.4 Å². The quantitative estimate of drug-likeness (QED) is 0.113. The first-order valence-corrected chi connectivity index (χ1v) is 23.6. The van der Waals surface area contributed by atoms with Gasteiger partial charge >= 0.3 is 0 Å². The molecule has 0 amide bonds. The maximum atomic E-state index is 9.78. The summed E-state index contributed by atoms with van der Waals surface area (Å²) < 4.78 is 46.9. The van der Waals surface area contributed by atoms with Gasteiger partial charge in [-0.25, -0.2) is 0 Å². The van der Waals surface area contributed by atoms with Crippen molar-refractivity contribution in [2.45, 2.75) is 40.0 Å². The van der Waals surface area contributed by atoms with Gasteiger partial charge in [-0.1, -0.05) is 146 Å². The number of aryl methyl sites for hydroxylation is 4. The van der Waals surface area contributed by atoms with Crippen LogP contribution in [0, 0.1) is 27.7 Å². The van der Waals surface area contributed by atoms with Crippen molar-refractivity contribution in [3.63, 3.8) is 0 Å². The molecule has 0 saturated heterocycles. The molecule has 0 aliphatic heterocycles. The maximum absolute atomic E-state index is 9.78. The summed E-state index contributed by atoms with van der Waals surface area (Å²) in [6, 6.07) is 42.6. The van der Waals surface area contributed by atoms with Gasteiger partial charge < -0.3 is 0 Å². The molecule has 0 aliphatic rings. The molecule has 6 aromatic carbocycles. The van der Waals surface area contributed by atoms with Gasteiger partial charge in [-0.15, -0.1) is 8.58 Å². The van der Waals surface area contributed by atoms with Crippen LogP contribution in [-0.2, 0) is 40.9 Å². The summed E-state index contributed by atoms with van der Waals surface area (Å²) in [7, 11) is -2.42. The lowest BCUT2D eigenvalue weighted by Crippen LogP contribution is -1.99. The van der Waals surface area contributed by atoms with Crippen molar-refractivity contribution in [1.29, 1.82) is 0 Å². The molecule has 6 rings (SSSR count). The highest BCUT2D eigenvalue weighted by atomic mass is 32.2. The third-order valence-electron chi connectivity index (χ3n) is 8.19. The van der Waals surface area contributed by atoms with Crippen LogP contribution in [0.25, 0.3) is 32.7 Å². The van der Waals surface area contributed by atoms with Crippen molar-refractivity contribution in [2.75, 3.05) is 33.4 Å². The highest BCUT2D eigenvalue weighted by Gasteiger charge is 2.17. The van der Waals surface area contributed by atoms with E-state index >= 15 is 0 Å². The van der Waals surface area contributed by atoms with Crippen molar-refractivity contribution in [1.82, 2.24) is 0 Å². The molecule has 10 heteroatoms. The van der Waals surface area contributed by atoms with E-state index < -0.39 is 20.2 Å². The Kier molecular flexibility index (Phi) is 17.3. The molecule has 0 fully saturated rings. The first-order valence-electron chi connectivity index (χ1n) is 17.1. The first kappa shape index (κ1) is 43.9. The lowest BCUT2D eigenvalue weighted by molar-refractivity contribution is 0.402. The Morgan fingerprint density at radius 1 is 0.509 bits per heavy atom. The van der Waals surface area contributed by atoms with E-state index in [9.17, 15) is 16.8 Å². The molecule has 0 saturated carbocycles. The Morgan fingerprint density at radius 2 is 0.943 bits per heavy atom. The fraction of sp³-hybridized carbons (Fsp3) is 0.256. The molecule has 53 heavy (non-hydrogen) atoms. The lowest BCUT2D eigenvalue weighted by atomic mass is 9.87. The number of rotatable bonds is 8. The molecule has 0 radical (unpaired) electrons. The number of hydrogen-bond acceptors (Lipinski definition) is 6. The first-order chi connectivity index (χ1) is 25.0. The summed E-state index contributed by atoms with van der Waals surface area (Å²) in [6.45, 7) is 11.0. The van der Waals surface area contributed by atoms with Crippen LogP contribution in [0.4, 0.5) is 0 Å². The Labute approximate surface area is 321 Å². The fourth-order valence-electron chi connectivity index (χ4n) is 5.55. The minimum Gasteiger partial charge on any atom is -0.274 e. The van der Waals surface area contributed by atoms with Crippen molar-refractivity contribution < 1.29 is 25.2 Å². The van der Waals surface area contributed by atoms with Crippen LogP contribution < -0.4 is 5.30 Å². The van der Waals surface area contributed by atoms with Gasteiger partial charge in [0.1, 0.15) is 0 Å². The largest absolute Gasteiger partial charge is 0.274 e. The van der Waals surface area contributed by atoms with Crippen LogP contribution in [0.15, 0.2) is 115 Å². The Balaban J connectivity index is 0.000000325. The molecule has 6 aromatic rings. The van der Waals surface area contributed by atoms with Gasteiger partial charge in [0.2, 0.25) is 0 Å². The van der Waals surface area contributed by atoms with Crippen LogP contribution in [0.2, 0.25) is 0 Å². The predicted octanol–water partition coefficient (Wildman–Crippen LogP) is 10.1. The highest BCUT2D eigenvalue weighted by molar-refractivity contribution is 7.86. The smallest absolute Gasteiger partial charge is 0.264 e. The van der Waals surface area contributed by atoms with Crippen molar-refractivity contribution in [2.24, 2.45) is 0 Å². The molecule has 0 N–H and O–H groups in total. The standard InChI is InChI=1S/C32H32P2.C7H8.2C2H6O3S/c1-21-6-5-7-28(18-21)34-20-27-13-11-25-17-23(3)9-15-30(25)32(27)31-26(19-33-4)12-10-24-16-22(2)8-14-29(24)31;1-7-5-3-2-4-6-7;2*1-5-6(2,3)4/h5-18,33-34H,19-20H2,1-4H3;2-6H,1H3;2*1-2H3. The van der Waals surface area contributed by atoms with E-state index in [0.29, 0.717) is 0 Å². The van der Waals surface area contributed by atoms with E-state index in [0.717, 1.165) is 56.2 Å². The molecular formula is C43H52O6P2S2. The molecular weight excluding hydrogens is 739 g/mol. The predicted molar refractivity (Wildman–Crippen MR) is 232 cm³/mol. The zero-order valence-corrected chi connectivity index (χ0v) is 35.8. The van der Waals surface area contributed by atoms with Crippen LogP contribution in [0.5, 0.6) is 0 Å². The van der Waals surface area contributed by atoms with E-state index in [1.807, 2.05) is 18.2 Å². The molecule has 6 nitrogen and oxygen atoms in total. The van der Waals surface area contributed by atoms with Gasteiger partial charge in [0, 0.05) is 0 Å². The Morgan fingerprint density at radius 3 is 1.34 bits per heavy atom. The SMILES string of the molecule is COS(C)(=O)=O.COS(C)(=O)=O.CPCc1ccc2cc(C)ccc2c1-c1c(CPc2cccc(C)c2)ccc2cc(C)ccc12.Cc1ccccc1. The molecule has 0 heterocycles. The second kappa shape index (κ2) is 20.8. The zero-order valence-electron chi connectivity index (χ0n) is 32.1. The van der Waals surface area contributed by atoms with E-state index in [-0.39, 0.29) is 0 Å². The minimum absolute atomic E-state index is 0.763. The summed E-state index contributed by atoms with van der Waals surface area (Å²) in [5, 5.41) is 6.89. The Hall–Kier alpha value is -3.48. The molecule has 0 aliphatic carbocycles. The molecule has 2 atom stereocenters. The minimum atomic E-state index is -3.16. The van der Waals surface area contributed by atoms with Gasteiger partial charge in [0.15, 0.2) is 0 Å². The van der Waals surface area contributed by atoms with E-state index in [1.54, 1.807) is 0 Å². The van der Waals surface area contributed by atoms with Gasteiger partial charge in [0.25, 0.3) is 20.2 Å². The molecule has 0 aromatic heterocycles. The summed E-state index contributed by atoms with van der Waals surface area (Å²) in [4.78, 5) is 0. The summed E-state index contributed by atoms with van der Waals surface area (Å²) >= 11 is 0. The Bertz CT molecular complexity index is 2290. The number of benzene rings is 6. The molecule has 2 unspecified atom stereocenters. The monoisotopic (exact) mass is 790 g/mol. The van der Waals surface area contributed by atoms with Crippen molar-refractivity contribution >= 4 is 64.2 Å². The average molecular weight is 791 g/mol. The van der Waals surface area contributed by atoms with Crippen LogP contribution in [-0.4, -0.2) is 50.2 Å². The van der Waals surface area contributed by atoms with Crippen molar-refractivity contribution in [3.05, 3.63) is 149 Å². The summed E-state index contributed by atoms with van der Waals surface area (Å²) in [5.41, 5.74) is 11.1. The van der Waals surface area contributed by atoms with Gasteiger partial charge in [-0.05, 0) is 95.8 Å². The maximum Gasteiger partial charge on any atom is 0.264 e. The van der Waals surface area contributed by atoms with Gasteiger partial charge in [0.05, 0.1) is 26.7 Å².